The second-order valence-electron chi connectivity index (χ2n) is 6.90. The number of hydrogen-bond donors (Lipinski definition) is 1. The van der Waals surface area contributed by atoms with Crippen LogP contribution >= 0.6 is 0 Å². The van der Waals surface area contributed by atoms with Crippen molar-refractivity contribution in [2.45, 2.75) is 6.92 Å². The number of anilines is 2. The molecule has 2 aliphatic rings. The SMILES string of the molecule is CC1=NN(c2ccc(C(=O)O)cc2)C(=O)/C1=C\c1ccc(N2CCOCC2)cc1. The van der Waals surface area contributed by atoms with E-state index in [1.165, 1.54) is 17.1 Å². The first-order valence-electron chi connectivity index (χ1n) is 9.41. The fourth-order valence-corrected chi connectivity index (χ4v) is 3.37. The summed E-state index contributed by atoms with van der Waals surface area (Å²) in [7, 11) is 0. The average molecular weight is 391 g/mol. The maximum Gasteiger partial charge on any atom is 0.335 e. The summed E-state index contributed by atoms with van der Waals surface area (Å²) in [5.41, 5.74) is 3.89. The van der Waals surface area contributed by atoms with Gasteiger partial charge in [-0.1, -0.05) is 12.1 Å². The zero-order valence-corrected chi connectivity index (χ0v) is 16.0. The molecular formula is C22H21N3O4. The van der Waals surface area contributed by atoms with E-state index in [0.29, 0.717) is 17.0 Å². The van der Waals surface area contributed by atoms with Gasteiger partial charge >= 0.3 is 5.97 Å². The predicted molar refractivity (Wildman–Crippen MR) is 111 cm³/mol. The molecule has 148 valence electrons. The number of benzene rings is 2. The molecule has 0 radical (unpaired) electrons. The molecule has 7 heteroatoms. The summed E-state index contributed by atoms with van der Waals surface area (Å²) >= 11 is 0. The highest BCUT2D eigenvalue weighted by Gasteiger charge is 2.28. The minimum Gasteiger partial charge on any atom is -0.478 e. The lowest BCUT2D eigenvalue weighted by molar-refractivity contribution is -0.114. The Hall–Kier alpha value is -3.45. The standard InChI is InChI=1S/C22H21N3O4/c1-15-20(14-16-2-6-18(7-3-16)24-10-12-29-13-11-24)21(26)25(23-15)19-8-4-17(5-9-19)22(27)28/h2-9,14H,10-13H2,1H3,(H,27,28)/b20-14-. The number of hydrazone groups is 1. The third kappa shape index (κ3) is 3.90. The molecule has 29 heavy (non-hydrogen) atoms. The first kappa shape index (κ1) is 18.9. The van der Waals surface area contributed by atoms with Gasteiger partial charge < -0.3 is 14.7 Å². The lowest BCUT2D eigenvalue weighted by atomic mass is 10.1. The smallest absolute Gasteiger partial charge is 0.335 e. The lowest BCUT2D eigenvalue weighted by Gasteiger charge is -2.28. The highest BCUT2D eigenvalue weighted by Crippen LogP contribution is 2.26. The third-order valence-corrected chi connectivity index (χ3v) is 5.00. The van der Waals surface area contributed by atoms with E-state index in [2.05, 4.69) is 10.0 Å². The van der Waals surface area contributed by atoms with Gasteiger partial charge in [0.1, 0.15) is 0 Å². The van der Waals surface area contributed by atoms with Gasteiger partial charge in [-0.2, -0.15) is 10.1 Å². The van der Waals surface area contributed by atoms with Crippen LogP contribution < -0.4 is 9.91 Å². The Bertz CT molecular complexity index is 988. The Morgan fingerprint density at radius 3 is 2.28 bits per heavy atom. The van der Waals surface area contributed by atoms with Gasteiger partial charge in [0.2, 0.25) is 0 Å². The van der Waals surface area contributed by atoms with Crippen molar-refractivity contribution in [2.24, 2.45) is 5.10 Å². The summed E-state index contributed by atoms with van der Waals surface area (Å²) in [5, 5.41) is 14.7. The van der Waals surface area contributed by atoms with E-state index in [-0.39, 0.29) is 11.5 Å². The second-order valence-corrected chi connectivity index (χ2v) is 6.90. The Morgan fingerprint density at radius 2 is 1.66 bits per heavy atom. The van der Waals surface area contributed by atoms with Gasteiger partial charge in [-0.05, 0) is 55.0 Å². The molecule has 0 unspecified atom stereocenters. The molecule has 2 heterocycles. The largest absolute Gasteiger partial charge is 0.478 e. The number of morpholine rings is 1. The summed E-state index contributed by atoms with van der Waals surface area (Å²) in [6.07, 6.45) is 1.83. The van der Waals surface area contributed by atoms with Crippen LogP contribution in [0.25, 0.3) is 6.08 Å². The molecule has 4 rings (SSSR count). The highest BCUT2D eigenvalue weighted by molar-refractivity contribution is 6.32. The van der Waals surface area contributed by atoms with Crippen LogP contribution in [-0.2, 0) is 9.53 Å². The number of carbonyl (C=O) groups excluding carboxylic acids is 1. The highest BCUT2D eigenvalue weighted by atomic mass is 16.5. The van der Waals surface area contributed by atoms with Crippen molar-refractivity contribution < 1.29 is 19.4 Å². The maximum atomic E-state index is 12.9. The average Bonchev–Trinajstić information content (AvgIpc) is 3.03. The number of carboxylic acid groups (broad SMARTS) is 1. The number of hydrogen-bond acceptors (Lipinski definition) is 5. The molecule has 1 fully saturated rings. The van der Waals surface area contributed by atoms with E-state index >= 15 is 0 Å². The van der Waals surface area contributed by atoms with Crippen LogP contribution in [0.2, 0.25) is 0 Å². The van der Waals surface area contributed by atoms with E-state index in [1.807, 2.05) is 30.3 Å². The zero-order valence-electron chi connectivity index (χ0n) is 16.0. The minimum absolute atomic E-state index is 0.164. The third-order valence-electron chi connectivity index (χ3n) is 5.00. The molecule has 0 aliphatic carbocycles. The van der Waals surface area contributed by atoms with Crippen molar-refractivity contribution in [3.63, 3.8) is 0 Å². The molecule has 1 amide bonds. The number of carbonyl (C=O) groups is 2. The molecule has 0 bridgehead atoms. The van der Waals surface area contributed by atoms with Crippen LogP contribution in [0.15, 0.2) is 59.2 Å². The Morgan fingerprint density at radius 1 is 1.03 bits per heavy atom. The number of nitrogens with zero attached hydrogens (tertiary/aromatic N) is 3. The van der Waals surface area contributed by atoms with E-state index in [9.17, 15) is 9.59 Å². The topological polar surface area (TPSA) is 82.4 Å². The molecule has 1 saturated heterocycles. The predicted octanol–water partition coefficient (Wildman–Crippen LogP) is 3.03. The van der Waals surface area contributed by atoms with E-state index < -0.39 is 5.97 Å². The van der Waals surface area contributed by atoms with Crippen molar-refractivity contribution in [2.75, 3.05) is 36.2 Å². The van der Waals surface area contributed by atoms with Crippen molar-refractivity contribution in [1.29, 1.82) is 0 Å². The van der Waals surface area contributed by atoms with Gasteiger partial charge in [-0.3, -0.25) is 4.79 Å². The zero-order chi connectivity index (χ0) is 20.4. The van der Waals surface area contributed by atoms with Crippen LogP contribution in [0.4, 0.5) is 11.4 Å². The summed E-state index contributed by atoms with van der Waals surface area (Å²) in [6, 6.07) is 14.2. The second kappa shape index (κ2) is 7.89. The lowest BCUT2D eigenvalue weighted by Crippen LogP contribution is -2.36. The molecule has 7 nitrogen and oxygen atoms in total. The van der Waals surface area contributed by atoms with Gasteiger partial charge in [0.05, 0.1) is 35.7 Å². The Balaban J connectivity index is 1.53. The first-order chi connectivity index (χ1) is 14.0. The van der Waals surface area contributed by atoms with Gasteiger partial charge in [-0.25, -0.2) is 4.79 Å². The van der Waals surface area contributed by atoms with Crippen molar-refractivity contribution in [3.8, 4) is 0 Å². The van der Waals surface area contributed by atoms with Crippen LogP contribution in [-0.4, -0.2) is 49.0 Å². The Kier molecular flexibility index (Phi) is 5.14. The van der Waals surface area contributed by atoms with Crippen molar-refractivity contribution >= 4 is 35.0 Å². The number of carboxylic acids is 1. The number of ether oxygens (including phenoxy) is 1. The van der Waals surface area contributed by atoms with Crippen molar-refractivity contribution in [1.82, 2.24) is 0 Å². The summed E-state index contributed by atoms with van der Waals surface area (Å²) in [5.74, 6) is -1.24. The number of amides is 1. The molecule has 0 saturated carbocycles. The van der Waals surface area contributed by atoms with Gasteiger partial charge in [-0.15, -0.1) is 0 Å². The van der Waals surface area contributed by atoms with Gasteiger partial charge in [0, 0.05) is 18.8 Å². The first-order valence-corrected chi connectivity index (χ1v) is 9.41. The van der Waals surface area contributed by atoms with Crippen molar-refractivity contribution in [3.05, 3.63) is 65.2 Å². The molecule has 0 spiro atoms. The van der Waals surface area contributed by atoms with Crippen LogP contribution in [0, 0.1) is 0 Å². The minimum atomic E-state index is -1.01. The van der Waals surface area contributed by atoms with E-state index in [1.54, 1.807) is 19.1 Å². The molecular weight excluding hydrogens is 370 g/mol. The number of aromatic carboxylic acids is 1. The normalized spacial score (nSPS) is 18.3. The Labute approximate surface area is 168 Å². The summed E-state index contributed by atoms with van der Waals surface area (Å²) < 4.78 is 5.39. The van der Waals surface area contributed by atoms with Crippen LogP contribution in [0.1, 0.15) is 22.8 Å². The van der Waals surface area contributed by atoms with Crippen LogP contribution in [0.3, 0.4) is 0 Å². The quantitative estimate of drug-likeness (QED) is 0.810. The summed E-state index contributed by atoms with van der Waals surface area (Å²) in [6.45, 7) is 5.01. The maximum absolute atomic E-state index is 12.9. The van der Waals surface area contributed by atoms with Gasteiger partial charge in [0.25, 0.3) is 5.91 Å². The molecule has 1 N–H and O–H groups in total. The van der Waals surface area contributed by atoms with E-state index in [4.69, 9.17) is 9.84 Å². The molecule has 0 atom stereocenters. The fourth-order valence-electron chi connectivity index (χ4n) is 3.37. The fraction of sp³-hybridized carbons (Fsp3) is 0.227. The monoisotopic (exact) mass is 391 g/mol. The molecule has 2 aliphatic heterocycles. The molecule has 2 aromatic rings. The number of rotatable bonds is 4. The molecule has 2 aromatic carbocycles. The summed E-state index contributed by atoms with van der Waals surface area (Å²) in [4.78, 5) is 26.1. The molecule has 0 aromatic heterocycles. The van der Waals surface area contributed by atoms with E-state index in [0.717, 1.165) is 37.6 Å². The van der Waals surface area contributed by atoms with Crippen LogP contribution in [0.5, 0.6) is 0 Å². The van der Waals surface area contributed by atoms with Gasteiger partial charge in [0.15, 0.2) is 0 Å².